The first-order valence-electron chi connectivity index (χ1n) is 12.0. The predicted molar refractivity (Wildman–Crippen MR) is 135 cm³/mol. The number of nitrogens with one attached hydrogen (secondary N) is 4. The summed E-state index contributed by atoms with van der Waals surface area (Å²) in [5.41, 5.74) is 7.23. The molecular weight excluding hydrogens is 482 g/mol. The molecule has 0 aliphatic rings. The second-order valence-electron chi connectivity index (χ2n) is 9.44. The maximum Gasteiger partial charge on any atom is 0.326 e. The number of rotatable bonds is 14. The van der Waals surface area contributed by atoms with Crippen molar-refractivity contribution in [3.8, 4) is 0 Å². The Hall–Kier alpha value is -3.93. The zero-order chi connectivity index (χ0) is 27.7. The molecule has 0 aliphatic carbocycles. The van der Waals surface area contributed by atoms with Crippen LogP contribution in [0.4, 0.5) is 0 Å². The van der Waals surface area contributed by atoms with E-state index in [2.05, 4.69) is 20.9 Å². The van der Waals surface area contributed by atoms with E-state index in [4.69, 9.17) is 10.8 Å². The fourth-order valence-electron chi connectivity index (χ4n) is 3.81. The Morgan fingerprint density at radius 3 is 2.08 bits per heavy atom. The van der Waals surface area contributed by atoms with Crippen LogP contribution in [0.1, 0.15) is 45.6 Å². The molecule has 3 amide bonds. The van der Waals surface area contributed by atoms with Crippen molar-refractivity contribution in [3.63, 3.8) is 0 Å². The Bertz CT molecular complexity index is 1130. The lowest BCUT2D eigenvalue weighted by molar-refractivity contribution is -0.143. The molecule has 0 spiro atoms. The first-order chi connectivity index (χ1) is 17.4. The smallest absolute Gasteiger partial charge is 0.326 e. The lowest BCUT2D eigenvalue weighted by Crippen LogP contribution is -2.57. The Balaban J connectivity index is 2.28. The van der Waals surface area contributed by atoms with Crippen molar-refractivity contribution in [2.24, 2.45) is 11.7 Å². The average Bonchev–Trinajstić information content (AvgIpc) is 3.22. The highest BCUT2D eigenvalue weighted by Gasteiger charge is 2.31. The number of hydrogen-bond acceptors (Lipinski definition) is 6. The molecule has 202 valence electrons. The number of para-hydroxylation sites is 1. The summed E-state index contributed by atoms with van der Waals surface area (Å²) < 4.78 is 0. The monoisotopic (exact) mass is 517 g/mol. The van der Waals surface area contributed by atoms with Crippen LogP contribution >= 0.6 is 0 Å². The fraction of sp³-hybridized carbons (Fsp3) is 0.480. The van der Waals surface area contributed by atoms with Crippen molar-refractivity contribution in [2.75, 3.05) is 0 Å². The summed E-state index contributed by atoms with van der Waals surface area (Å²) >= 11 is 0. The van der Waals surface area contributed by atoms with Crippen LogP contribution in [0.3, 0.4) is 0 Å². The van der Waals surface area contributed by atoms with Crippen LogP contribution in [0.25, 0.3) is 10.9 Å². The van der Waals surface area contributed by atoms with Crippen LogP contribution in [-0.4, -0.2) is 69.0 Å². The number of aliphatic carboxylic acids is 2. The van der Waals surface area contributed by atoms with Crippen LogP contribution in [0.5, 0.6) is 0 Å². The minimum Gasteiger partial charge on any atom is -0.481 e. The van der Waals surface area contributed by atoms with Crippen LogP contribution in [0.2, 0.25) is 0 Å². The molecule has 4 atom stereocenters. The Labute approximate surface area is 214 Å². The van der Waals surface area contributed by atoms with Gasteiger partial charge in [0.1, 0.15) is 18.1 Å². The third-order valence-corrected chi connectivity index (χ3v) is 5.75. The summed E-state index contributed by atoms with van der Waals surface area (Å²) in [4.78, 5) is 64.5. The molecule has 4 unspecified atom stereocenters. The second-order valence-corrected chi connectivity index (χ2v) is 9.44. The van der Waals surface area contributed by atoms with E-state index >= 15 is 0 Å². The summed E-state index contributed by atoms with van der Waals surface area (Å²) in [6.45, 7) is 5.05. The number of carbonyl (C=O) groups is 5. The minimum atomic E-state index is -1.34. The van der Waals surface area contributed by atoms with Gasteiger partial charge in [0.05, 0.1) is 6.04 Å². The van der Waals surface area contributed by atoms with Gasteiger partial charge < -0.3 is 36.9 Å². The Kier molecular flexibility index (Phi) is 10.6. The molecule has 0 radical (unpaired) electrons. The van der Waals surface area contributed by atoms with Gasteiger partial charge in [0.2, 0.25) is 17.7 Å². The topological polar surface area (TPSA) is 204 Å². The molecule has 2 rings (SSSR count). The number of carboxylic acids is 2. The van der Waals surface area contributed by atoms with Crippen LogP contribution in [-0.2, 0) is 30.4 Å². The van der Waals surface area contributed by atoms with E-state index in [1.165, 1.54) is 6.92 Å². The predicted octanol–water partition coefficient (Wildman–Crippen LogP) is 0.508. The number of H-pyrrole nitrogens is 1. The first-order valence-corrected chi connectivity index (χ1v) is 12.0. The molecule has 1 heterocycles. The number of aromatic nitrogens is 1. The van der Waals surface area contributed by atoms with Crippen molar-refractivity contribution in [2.45, 2.75) is 70.6 Å². The third-order valence-electron chi connectivity index (χ3n) is 5.75. The zero-order valence-corrected chi connectivity index (χ0v) is 21.1. The molecule has 0 bridgehead atoms. The normalized spacial score (nSPS) is 14.4. The standard InChI is InChI=1S/C25H35N5O7/c1-13(2)10-20(25(36)37)30-23(34)18(8-9-21(31)32)28-24(35)19(29-22(33)14(3)26)11-15-12-27-17-7-5-4-6-16(15)17/h4-7,12-14,18-20,27H,8-11,26H2,1-3H3,(H,28,35)(H,29,33)(H,30,34)(H,31,32)(H,36,37). The summed E-state index contributed by atoms with van der Waals surface area (Å²) in [6, 6.07) is 2.80. The van der Waals surface area contributed by atoms with E-state index in [-0.39, 0.29) is 25.2 Å². The highest BCUT2D eigenvalue weighted by Crippen LogP contribution is 2.19. The van der Waals surface area contributed by atoms with Crippen LogP contribution in [0, 0.1) is 5.92 Å². The molecule has 0 saturated heterocycles. The quantitative estimate of drug-likeness (QED) is 0.188. The minimum absolute atomic E-state index is 0.0394. The van der Waals surface area contributed by atoms with E-state index in [9.17, 15) is 29.1 Å². The van der Waals surface area contributed by atoms with E-state index < -0.39 is 60.2 Å². The van der Waals surface area contributed by atoms with Crippen molar-refractivity contribution in [1.82, 2.24) is 20.9 Å². The van der Waals surface area contributed by atoms with E-state index in [0.717, 1.165) is 16.5 Å². The number of nitrogens with two attached hydrogens (primary N) is 1. The molecule has 12 nitrogen and oxygen atoms in total. The summed E-state index contributed by atoms with van der Waals surface area (Å²) in [7, 11) is 0. The van der Waals surface area contributed by atoms with E-state index in [0.29, 0.717) is 0 Å². The lowest BCUT2D eigenvalue weighted by Gasteiger charge is -2.25. The lowest BCUT2D eigenvalue weighted by atomic mass is 10.0. The molecule has 0 aliphatic heterocycles. The highest BCUT2D eigenvalue weighted by molar-refractivity contribution is 5.95. The van der Waals surface area contributed by atoms with Gasteiger partial charge in [-0.1, -0.05) is 32.0 Å². The fourth-order valence-corrected chi connectivity index (χ4v) is 3.81. The highest BCUT2D eigenvalue weighted by atomic mass is 16.4. The largest absolute Gasteiger partial charge is 0.481 e. The molecule has 37 heavy (non-hydrogen) atoms. The van der Waals surface area contributed by atoms with Gasteiger partial charge in [-0.25, -0.2) is 4.79 Å². The number of amides is 3. The van der Waals surface area contributed by atoms with Gasteiger partial charge in [-0.15, -0.1) is 0 Å². The maximum absolute atomic E-state index is 13.3. The summed E-state index contributed by atoms with van der Waals surface area (Å²) in [5, 5.41) is 26.9. The number of aromatic amines is 1. The molecule has 0 fully saturated rings. The van der Waals surface area contributed by atoms with Gasteiger partial charge >= 0.3 is 11.9 Å². The molecule has 1 aromatic heterocycles. The average molecular weight is 518 g/mol. The van der Waals surface area contributed by atoms with Crippen molar-refractivity contribution in [3.05, 3.63) is 36.0 Å². The molecule has 8 N–H and O–H groups in total. The van der Waals surface area contributed by atoms with Gasteiger partial charge in [-0.3, -0.25) is 19.2 Å². The number of benzene rings is 1. The van der Waals surface area contributed by atoms with Crippen molar-refractivity contribution in [1.29, 1.82) is 0 Å². The number of carbonyl (C=O) groups excluding carboxylic acids is 3. The van der Waals surface area contributed by atoms with Gasteiger partial charge in [0, 0.05) is 29.9 Å². The molecule has 2 aromatic rings. The van der Waals surface area contributed by atoms with E-state index in [1.54, 1.807) is 20.0 Å². The van der Waals surface area contributed by atoms with Crippen molar-refractivity contribution >= 4 is 40.6 Å². The maximum atomic E-state index is 13.3. The van der Waals surface area contributed by atoms with Gasteiger partial charge in [0.25, 0.3) is 0 Å². The Morgan fingerprint density at radius 2 is 1.49 bits per heavy atom. The zero-order valence-electron chi connectivity index (χ0n) is 21.1. The summed E-state index contributed by atoms with van der Waals surface area (Å²) in [6.07, 6.45) is 1.20. The Morgan fingerprint density at radius 1 is 0.892 bits per heavy atom. The van der Waals surface area contributed by atoms with Crippen molar-refractivity contribution < 1.29 is 34.2 Å². The van der Waals surface area contributed by atoms with Gasteiger partial charge in [-0.05, 0) is 37.3 Å². The molecule has 0 saturated carbocycles. The van der Waals surface area contributed by atoms with Gasteiger partial charge in [0.15, 0.2) is 0 Å². The number of fused-ring (bicyclic) bond motifs is 1. The van der Waals surface area contributed by atoms with Crippen LogP contribution in [0.15, 0.2) is 30.5 Å². The number of hydrogen-bond donors (Lipinski definition) is 7. The molecule has 12 heteroatoms. The summed E-state index contributed by atoms with van der Waals surface area (Å²) in [5.74, 6) is -4.62. The first kappa shape index (κ1) is 29.3. The third kappa shape index (κ3) is 8.90. The second kappa shape index (κ2) is 13.4. The van der Waals surface area contributed by atoms with Gasteiger partial charge in [-0.2, -0.15) is 0 Å². The number of carboxylic acid groups (broad SMARTS) is 2. The van der Waals surface area contributed by atoms with Crippen LogP contribution < -0.4 is 21.7 Å². The molecule has 1 aromatic carbocycles. The SMILES string of the molecule is CC(C)CC(NC(=O)C(CCC(=O)O)NC(=O)C(Cc1c[nH]c2ccccc12)NC(=O)C(C)N)C(=O)O. The van der Waals surface area contributed by atoms with E-state index in [1.807, 2.05) is 24.3 Å². The molecular formula is C25H35N5O7.